The highest BCUT2D eigenvalue weighted by atomic mass is 16.1. The fourth-order valence-corrected chi connectivity index (χ4v) is 6.76. The number of hydrogen-bond donors (Lipinski definition) is 0. The topological polar surface area (TPSA) is 17.1 Å². The molecule has 0 aromatic rings. The van der Waals surface area contributed by atoms with Gasteiger partial charge in [-0.05, 0) is 25.2 Å². The smallest absolute Gasteiger partial charge is 0.141 e. The van der Waals surface area contributed by atoms with Crippen LogP contribution in [0, 0.1) is 35.0 Å². The average Bonchev–Trinajstić information content (AvgIpc) is 3.10. The quantitative estimate of drug-likeness (QED) is 0.676. The largest absolute Gasteiger partial charge is 0.323 e. The first-order valence-electron chi connectivity index (χ1n) is 9.10. The molecule has 0 N–H and O–H groups in total. The number of ketones is 1. The molecule has 2 saturated heterocycles. The fraction of sp³-hybridized carbons (Fsp3) is 0.947. The molecule has 0 aromatic heterocycles. The SMILES string of the molecule is CC(C)(C)C(=O)C1CCCC2C1CC1C3CC3C2[N+]1(C)C. The van der Waals surface area contributed by atoms with E-state index in [0.29, 0.717) is 17.6 Å². The first-order valence-corrected chi connectivity index (χ1v) is 9.10. The Kier molecular flexibility index (Phi) is 2.80. The Morgan fingerprint density at radius 1 is 0.952 bits per heavy atom. The Bertz CT molecular complexity index is 474. The summed E-state index contributed by atoms with van der Waals surface area (Å²) in [7, 11) is 4.96. The van der Waals surface area contributed by atoms with Gasteiger partial charge >= 0.3 is 0 Å². The lowest BCUT2D eigenvalue weighted by Gasteiger charge is -2.54. The second-order valence-corrected chi connectivity index (χ2v) is 9.97. The molecule has 4 aliphatic rings. The standard InChI is InChI=1S/C19H32NO/c1-19(2,3)18(21)12-8-6-7-11-13(12)10-16-14-9-15(14)17(11)20(16,4)5/h11-17H,6-10H2,1-5H3/q+1. The summed E-state index contributed by atoms with van der Waals surface area (Å²) in [6.07, 6.45) is 6.67. The van der Waals surface area contributed by atoms with Crippen LogP contribution in [0.1, 0.15) is 52.9 Å². The minimum Gasteiger partial charge on any atom is -0.323 e. The predicted molar refractivity (Wildman–Crippen MR) is 84.7 cm³/mol. The Hall–Kier alpha value is -0.370. The van der Waals surface area contributed by atoms with Gasteiger partial charge in [0, 0.05) is 35.5 Å². The van der Waals surface area contributed by atoms with E-state index in [-0.39, 0.29) is 5.41 Å². The summed E-state index contributed by atoms with van der Waals surface area (Å²) in [6, 6.07) is 1.73. The second kappa shape index (κ2) is 4.13. The number of quaternary nitrogens is 1. The molecule has 2 saturated carbocycles. The van der Waals surface area contributed by atoms with Crippen LogP contribution in [0.2, 0.25) is 0 Å². The molecule has 7 atom stereocenters. The normalized spacial score (nSPS) is 50.2. The number of rotatable bonds is 1. The monoisotopic (exact) mass is 290 g/mol. The van der Waals surface area contributed by atoms with E-state index in [4.69, 9.17) is 0 Å². The van der Waals surface area contributed by atoms with E-state index < -0.39 is 0 Å². The van der Waals surface area contributed by atoms with Gasteiger partial charge in [0.05, 0.1) is 26.2 Å². The van der Waals surface area contributed by atoms with Crippen LogP contribution in [0.3, 0.4) is 0 Å². The van der Waals surface area contributed by atoms with E-state index in [2.05, 4.69) is 34.9 Å². The van der Waals surface area contributed by atoms with E-state index in [9.17, 15) is 4.79 Å². The molecule has 7 unspecified atom stereocenters. The molecule has 4 rings (SSSR count). The lowest BCUT2D eigenvalue weighted by Crippen LogP contribution is -2.63. The maximum absolute atomic E-state index is 13.0. The summed E-state index contributed by atoms with van der Waals surface area (Å²) in [4.78, 5) is 13.0. The van der Waals surface area contributed by atoms with Crippen LogP contribution in [0.15, 0.2) is 0 Å². The summed E-state index contributed by atoms with van der Waals surface area (Å²) in [5.41, 5.74) is -0.156. The Balaban J connectivity index is 1.65. The third kappa shape index (κ3) is 1.84. The molecular weight excluding hydrogens is 258 g/mol. The van der Waals surface area contributed by atoms with Crippen molar-refractivity contribution in [2.24, 2.45) is 35.0 Å². The molecule has 2 aliphatic heterocycles. The molecule has 21 heavy (non-hydrogen) atoms. The maximum Gasteiger partial charge on any atom is 0.141 e. The van der Waals surface area contributed by atoms with Gasteiger partial charge < -0.3 is 4.48 Å². The van der Waals surface area contributed by atoms with Crippen molar-refractivity contribution in [2.75, 3.05) is 14.1 Å². The van der Waals surface area contributed by atoms with E-state index in [1.165, 1.54) is 36.6 Å². The van der Waals surface area contributed by atoms with Crippen LogP contribution in [0.5, 0.6) is 0 Å². The molecule has 2 heteroatoms. The first kappa shape index (κ1) is 14.2. The van der Waals surface area contributed by atoms with Crippen molar-refractivity contribution in [1.29, 1.82) is 0 Å². The molecule has 0 aromatic carbocycles. The molecule has 2 aliphatic carbocycles. The zero-order valence-electron chi connectivity index (χ0n) is 14.4. The molecule has 0 spiro atoms. The lowest BCUT2D eigenvalue weighted by molar-refractivity contribution is -0.942. The van der Waals surface area contributed by atoms with Gasteiger partial charge in [0.1, 0.15) is 5.78 Å². The maximum atomic E-state index is 13.0. The van der Waals surface area contributed by atoms with Crippen LogP contribution >= 0.6 is 0 Å². The predicted octanol–water partition coefficient (Wildman–Crippen LogP) is 3.50. The summed E-state index contributed by atoms with van der Waals surface area (Å²) >= 11 is 0. The summed E-state index contributed by atoms with van der Waals surface area (Å²) < 4.78 is 1.27. The highest BCUT2D eigenvalue weighted by molar-refractivity contribution is 5.86. The Labute approximate surface area is 129 Å². The van der Waals surface area contributed by atoms with Gasteiger partial charge in [-0.1, -0.05) is 27.2 Å². The van der Waals surface area contributed by atoms with E-state index in [1.54, 1.807) is 0 Å². The minimum atomic E-state index is -0.156. The van der Waals surface area contributed by atoms with Crippen molar-refractivity contribution in [3.8, 4) is 0 Å². The van der Waals surface area contributed by atoms with E-state index in [1.807, 2.05) is 0 Å². The third-order valence-electron chi connectivity index (χ3n) is 7.59. The van der Waals surface area contributed by atoms with Crippen molar-refractivity contribution in [2.45, 2.75) is 65.0 Å². The van der Waals surface area contributed by atoms with Crippen LogP contribution < -0.4 is 0 Å². The van der Waals surface area contributed by atoms with Crippen molar-refractivity contribution in [1.82, 2.24) is 0 Å². The van der Waals surface area contributed by atoms with E-state index >= 15 is 0 Å². The number of piperidine rings is 2. The van der Waals surface area contributed by atoms with Crippen molar-refractivity contribution in [3.63, 3.8) is 0 Å². The number of carbonyl (C=O) groups excluding carboxylic acids is 1. The minimum absolute atomic E-state index is 0.156. The first-order chi connectivity index (χ1) is 9.73. The number of nitrogens with zero attached hydrogens (tertiary/aromatic N) is 1. The molecule has 0 amide bonds. The molecule has 4 fully saturated rings. The number of hydrogen-bond acceptors (Lipinski definition) is 1. The summed E-state index contributed by atoms with van der Waals surface area (Å²) in [5, 5.41) is 0. The van der Waals surface area contributed by atoms with E-state index in [0.717, 1.165) is 29.8 Å². The lowest BCUT2D eigenvalue weighted by atomic mass is 9.60. The van der Waals surface area contributed by atoms with Gasteiger partial charge in [-0.2, -0.15) is 0 Å². The average molecular weight is 290 g/mol. The molecular formula is C19H32NO+. The zero-order valence-corrected chi connectivity index (χ0v) is 14.4. The highest BCUT2D eigenvalue weighted by Gasteiger charge is 2.71. The van der Waals surface area contributed by atoms with Gasteiger partial charge in [-0.25, -0.2) is 0 Å². The third-order valence-corrected chi connectivity index (χ3v) is 7.59. The van der Waals surface area contributed by atoms with Gasteiger partial charge in [0.2, 0.25) is 0 Å². The fourth-order valence-electron chi connectivity index (χ4n) is 6.76. The summed E-state index contributed by atoms with van der Waals surface area (Å²) in [5.74, 6) is 4.46. The van der Waals surface area contributed by atoms with Crippen molar-refractivity contribution in [3.05, 3.63) is 0 Å². The van der Waals surface area contributed by atoms with Crippen molar-refractivity contribution < 1.29 is 9.28 Å². The number of fused-ring (bicyclic) bond motifs is 7. The molecule has 0 radical (unpaired) electrons. The van der Waals surface area contributed by atoms with Gasteiger partial charge in [0.15, 0.2) is 0 Å². The zero-order chi connectivity index (χ0) is 15.2. The number of Topliss-reactive ketones (excluding diaryl/α,β-unsaturated/α-hetero) is 1. The van der Waals surface area contributed by atoms with Crippen molar-refractivity contribution >= 4 is 5.78 Å². The molecule has 2 heterocycles. The van der Waals surface area contributed by atoms with Crippen LogP contribution in [0.4, 0.5) is 0 Å². The molecule has 118 valence electrons. The number of carbonyl (C=O) groups is 1. The Morgan fingerprint density at radius 2 is 1.67 bits per heavy atom. The Morgan fingerprint density at radius 3 is 2.33 bits per heavy atom. The van der Waals surface area contributed by atoms with Crippen LogP contribution in [-0.4, -0.2) is 36.4 Å². The second-order valence-electron chi connectivity index (χ2n) is 9.97. The molecule has 2 nitrogen and oxygen atoms in total. The van der Waals surface area contributed by atoms with Crippen LogP contribution in [0.25, 0.3) is 0 Å². The highest BCUT2D eigenvalue weighted by Crippen LogP contribution is 2.66. The molecule has 2 bridgehead atoms. The van der Waals surface area contributed by atoms with Gasteiger partial charge in [0.25, 0.3) is 0 Å². The summed E-state index contributed by atoms with van der Waals surface area (Å²) in [6.45, 7) is 6.36. The van der Waals surface area contributed by atoms with Gasteiger partial charge in [-0.15, -0.1) is 0 Å². The van der Waals surface area contributed by atoms with Crippen LogP contribution in [-0.2, 0) is 4.79 Å². The van der Waals surface area contributed by atoms with Gasteiger partial charge in [-0.3, -0.25) is 4.79 Å².